The summed E-state index contributed by atoms with van der Waals surface area (Å²) in [6.45, 7) is 1.39. The largest absolute Gasteiger partial charge is 0.504 e. The smallest absolute Gasteiger partial charge is 0.323 e. The van der Waals surface area contributed by atoms with Crippen LogP contribution in [-0.2, 0) is 11.2 Å². The maximum absolute atomic E-state index is 10.7. The van der Waals surface area contributed by atoms with Crippen LogP contribution in [0.3, 0.4) is 0 Å². The standard InChI is InChI=1S/C10H13NO4.ClH/c1-10(11,9(14)15)5-6-2-3-7(12)8(13)4-6;/h2-4,12-13H,5,11H2,1H3,(H,14,15);1H/t10-;/m1./s1. The van der Waals surface area contributed by atoms with Crippen molar-refractivity contribution < 1.29 is 20.1 Å². The Hall–Kier alpha value is -1.46. The van der Waals surface area contributed by atoms with E-state index in [4.69, 9.17) is 15.9 Å². The van der Waals surface area contributed by atoms with Crippen LogP contribution < -0.4 is 5.73 Å². The quantitative estimate of drug-likeness (QED) is 0.593. The summed E-state index contributed by atoms with van der Waals surface area (Å²) in [6, 6.07) is 4.11. The fourth-order valence-corrected chi connectivity index (χ4v) is 1.18. The van der Waals surface area contributed by atoms with Gasteiger partial charge in [-0.05, 0) is 24.6 Å². The number of phenols is 2. The maximum Gasteiger partial charge on any atom is 0.323 e. The van der Waals surface area contributed by atoms with Gasteiger partial charge in [-0.2, -0.15) is 0 Å². The van der Waals surface area contributed by atoms with E-state index in [-0.39, 0.29) is 30.3 Å². The van der Waals surface area contributed by atoms with Gasteiger partial charge in [0.05, 0.1) is 0 Å². The summed E-state index contributed by atoms with van der Waals surface area (Å²) in [7, 11) is 0. The molecule has 16 heavy (non-hydrogen) atoms. The number of halogens is 1. The molecule has 0 saturated heterocycles. The van der Waals surface area contributed by atoms with Gasteiger partial charge in [-0.25, -0.2) is 0 Å². The monoisotopic (exact) mass is 247 g/mol. The first kappa shape index (κ1) is 14.5. The molecule has 0 aliphatic carbocycles. The summed E-state index contributed by atoms with van der Waals surface area (Å²) in [6.07, 6.45) is 0.0795. The van der Waals surface area contributed by atoms with Crippen LogP contribution in [-0.4, -0.2) is 26.8 Å². The van der Waals surface area contributed by atoms with E-state index in [1.54, 1.807) is 0 Å². The van der Waals surface area contributed by atoms with Crippen LogP contribution in [0.4, 0.5) is 0 Å². The van der Waals surface area contributed by atoms with Gasteiger partial charge < -0.3 is 21.1 Å². The SMILES string of the molecule is C[C@@](N)(Cc1ccc(O)c(O)c1)C(=O)O.Cl. The molecule has 0 aliphatic heterocycles. The van der Waals surface area contributed by atoms with E-state index in [0.717, 1.165) is 0 Å². The van der Waals surface area contributed by atoms with Crippen molar-refractivity contribution in [3.63, 3.8) is 0 Å². The van der Waals surface area contributed by atoms with E-state index in [0.29, 0.717) is 5.56 Å². The van der Waals surface area contributed by atoms with Crippen LogP contribution in [0.1, 0.15) is 12.5 Å². The first-order chi connectivity index (χ1) is 6.83. The number of aromatic hydroxyl groups is 2. The lowest BCUT2D eigenvalue weighted by atomic mass is 9.94. The van der Waals surface area contributed by atoms with Gasteiger partial charge in [0, 0.05) is 6.42 Å². The summed E-state index contributed by atoms with van der Waals surface area (Å²) >= 11 is 0. The molecule has 0 saturated carbocycles. The highest BCUT2D eigenvalue weighted by Crippen LogP contribution is 2.26. The second kappa shape index (κ2) is 5.05. The summed E-state index contributed by atoms with van der Waals surface area (Å²) < 4.78 is 0. The predicted molar refractivity (Wildman–Crippen MR) is 61.0 cm³/mol. The molecule has 1 rings (SSSR count). The van der Waals surface area contributed by atoms with Crippen LogP contribution >= 0.6 is 12.4 Å². The van der Waals surface area contributed by atoms with Crippen LogP contribution in [0.5, 0.6) is 11.5 Å². The second-order valence-electron chi connectivity index (χ2n) is 3.72. The van der Waals surface area contributed by atoms with Gasteiger partial charge >= 0.3 is 5.97 Å². The van der Waals surface area contributed by atoms with Crippen LogP contribution in [0, 0.1) is 0 Å². The third kappa shape index (κ3) is 3.29. The Morgan fingerprint density at radius 1 is 1.38 bits per heavy atom. The average molecular weight is 248 g/mol. The van der Waals surface area contributed by atoms with Crippen molar-refractivity contribution in [2.45, 2.75) is 18.9 Å². The third-order valence-electron chi connectivity index (χ3n) is 2.10. The molecule has 1 atom stereocenters. The van der Waals surface area contributed by atoms with E-state index in [1.807, 2.05) is 0 Å². The van der Waals surface area contributed by atoms with Crippen LogP contribution in [0.15, 0.2) is 18.2 Å². The highest BCUT2D eigenvalue weighted by atomic mass is 35.5. The predicted octanol–water partition coefficient (Wildman–Crippen LogP) is 0.864. The molecule has 0 aromatic heterocycles. The number of rotatable bonds is 3. The number of nitrogens with two attached hydrogens (primary N) is 1. The lowest BCUT2D eigenvalue weighted by Crippen LogP contribution is -2.46. The van der Waals surface area contributed by atoms with Crippen molar-refractivity contribution >= 4 is 18.4 Å². The highest BCUT2D eigenvalue weighted by Gasteiger charge is 2.28. The molecule has 1 aromatic carbocycles. The second-order valence-corrected chi connectivity index (χ2v) is 3.72. The van der Waals surface area contributed by atoms with Crippen molar-refractivity contribution in [1.29, 1.82) is 0 Å². The summed E-state index contributed by atoms with van der Waals surface area (Å²) in [4.78, 5) is 10.7. The first-order valence-electron chi connectivity index (χ1n) is 4.36. The number of carbonyl (C=O) groups is 1. The van der Waals surface area contributed by atoms with Crippen LogP contribution in [0.2, 0.25) is 0 Å². The Labute approximate surface area is 98.9 Å². The van der Waals surface area contributed by atoms with Crippen molar-refractivity contribution in [2.24, 2.45) is 5.73 Å². The third-order valence-corrected chi connectivity index (χ3v) is 2.10. The summed E-state index contributed by atoms with van der Waals surface area (Å²) in [5, 5.41) is 27.0. The fraction of sp³-hybridized carbons (Fsp3) is 0.300. The molecular weight excluding hydrogens is 234 g/mol. The van der Waals surface area contributed by atoms with Crippen LogP contribution in [0.25, 0.3) is 0 Å². The van der Waals surface area contributed by atoms with Gasteiger partial charge in [0.15, 0.2) is 11.5 Å². The maximum atomic E-state index is 10.7. The Morgan fingerprint density at radius 3 is 2.38 bits per heavy atom. The molecule has 0 unspecified atom stereocenters. The Kier molecular flexibility index (Phi) is 4.59. The van der Waals surface area contributed by atoms with Gasteiger partial charge in [0.1, 0.15) is 5.54 Å². The van der Waals surface area contributed by atoms with Crippen molar-refractivity contribution in [3.8, 4) is 11.5 Å². The molecule has 1 aromatic rings. The number of hydrogen-bond acceptors (Lipinski definition) is 4. The zero-order valence-electron chi connectivity index (χ0n) is 8.67. The van der Waals surface area contributed by atoms with Crippen molar-refractivity contribution in [3.05, 3.63) is 23.8 Å². The fourth-order valence-electron chi connectivity index (χ4n) is 1.18. The molecule has 0 heterocycles. The number of phenolic OH excluding ortho intramolecular Hbond substituents is 2. The van der Waals surface area contributed by atoms with E-state index >= 15 is 0 Å². The molecule has 90 valence electrons. The number of carboxylic acids is 1. The van der Waals surface area contributed by atoms with Crippen molar-refractivity contribution in [1.82, 2.24) is 0 Å². The number of hydrogen-bond donors (Lipinski definition) is 4. The molecule has 6 heteroatoms. The minimum atomic E-state index is -1.39. The summed E-state index contributed by atoms with van der Waals surface area (Å²) in [5.41, 5.74) is 4.70. The van der Waals surface area contributed by atoms with Gasteiger partial charge in [-0.15, -0.1) is 12.4 Å². The number of aliphatic carboxylic acids is 1. The van der Waals surface area contributed by atoms with Gasteiger partial charge in [-0.1, -0.05) is 6.07 Å². The average Bonchev–Trinajstić information content (AvgIpc) is 2.10. The lowest BCUT2D eigenvalue weighted by molar-refractivity contribution is -0.142. The molecule has 0 amide bonds. The minimum absolute atomic E-state index is 0. The number of benzene rings is 1. The first-order valence-corrected chi connectivity index (χ1v) is 4.36. The van der Waals surface area contributed by atoms with E-state index in [2.05, 4.69) is 0 Å². The lowest BCUT2D eigenvalue weighted by Gasteiger charge is -2.19. The van der Waals surface area contributed by atoms with Gasteiger partial charge in [0.25, 0.3) is 0 Å². The van der Waals surface area contributed by atoms with E-state index in [1.165, 1.54) is 25.1 Å². The molecule has 0 bridgehead atoms. The topological polar surface area (TPSA) is 104 Å². The highest BCUT2D eigenvalue weighted by molar-refractivity contribution is 5.85. The van der Waals surface area contributed by atoms with E-state index in [9.17, 15) is 9.90 Å². The molecule has 0 spiro atoms. The van der Waals surface area contributed by atoms with Gasteiger partial charge in [0.2, 0.25) is 0 Å². The molecule has 5 N–H and O–H groups in total. The molecule has 5 nitrogen and oxygen atoms in total. The normalized spacial score (nSPS) is 13.6. The number of carboxylic acid groups (broad SMARTS) is 1. The molecular formula is C10H14ClNO4. The zero-order chi connectivity index (χ0) is 11.6. The summed E-state index contributed by atoms with van der Waals surface area (Å²) in [5.74, 6) is -1.64. The van der Waals surface area contributed by atoms with Crippen molar-refractivity contribution in [2.75, 3.05) is 0 Å². The Balaban J connectivity index is 0.00000225. The molecule has 0 aliphatic rings. The van der Waals surface area contributed by atoms with E-state index < -0.39 is 11.5 Å². The Bertz CT molecular complexity index is 392. The molecule has 0 radical (unpaired) electrons. The minimum Gasteiger partial charge on any atom is -0.504 e. The van der Waals surface area contributed by atoms with Gasteiger partial charge in [-0.3, -0.25) is 4.79 Å². The molecule has 0 fully saturated rings. The zero-order valence-corrected chi connectivity index (χ0v) is 9.49. The Morgan fingerprint density at radius 2 is 1.94 bits per heavy atom.